The van der Waals surface area contributed by atoms with Gasteiger partial charge in [-0.3, -0.25) is 4.79 Å². The molecule has 0 aliphatic carbocycles. The second kappa shape index (κ2) is 6.33. The molecule has 3 N–H and O–H groups in total. The van der Waals surface area contributed by atoms with Gasteiger partial charge in [0.25, 0.3) is 0 Å². The van der Waals surface area contributed by atoms with Crippen LogP contribution in [-0.4, -0.2) is 10.9 Å². The summed E-state index contributed by atoms with van der Waals surface area (Å²) in [4.78, 5) is 15.9. The number of hydrogen-bond donors (Lipinski definition) is 2. The number of anilines is 2. The highest BCUT2D eigenvalue weighted by Gasteiger charge is 2.07. The van der Waals surface area contributed by atoms with E-state index in [4.69, 9.17) is 5.73 Å². The van der Waals surface area contributed by atoms with E-state index in [0.29, 0.717) is 24.3 Å². The van der Waals surface area contributed by atoms with Crippen LogP contribution in [0.3, 0.4) is 0 Å². The van der Waals surface area contributed by atoms with Crippen molar-refractivity contribution in [2.24, 2.45) is 0 Å². The van der Waals surface area contributed by atoms with E-state index in [2.05, 4.69) is 26.2 Å². The normalized spacial score (nSPS) is 10.2. The number of carbonyl (C=O) groups excluding carboxylic acids is 1. The fraction of sp³-hybridized carbons (Fsp3) is 0.143. The SMILES string of the molecule is Nc1cc(Br)cnc1NC(=O)CCc1ccccc1. The molecule has 1 aromatic heterocycles. The first-order valence-corrected chi connectivity index (χ1v) is 6.69. The van der Waals surface area contributed by atoms with Crippen molar-refractivity contribution in [3.63, 3.8) is 0 Å². The van der Waals surface area contributed by atoms with Gasteiger partial charge in [0, 0.05) is 17.1 Å². The third-order valence-corrected chi connectivity index (χ3v) is 3.06. The number of nitrogens with zero attached hydrogens (tertiary/aromatic N) is 1. The van der Waals surface area contributed by atoms with Gasteiger partial charge in [0.2, 0.25) is 5.91 Å². The summed E-state index contributed by atoms with van der Waals surface area (Å²) in [6.07, 6.45) is 2.70. The van der Waals surface area contributed by atoms with Gasteiger partial charge < -0.3 is 11.1 Å². The van der Waals surface area contributed by atoms with E-state index in [1.807, 2.05) is 30.3 Å². The number of rotatable bonds is 4. The van der Waals surface area contributed by atoms with E-state index < -0.39 is 0 Å². The van der Waals surface area contributed by atoms with Crippen LogP contribution in [0.25, 0.3) is 0 Å². The summed E-state index contributed by atoms with van der Waals surface area (Å²) in [5, 5.41) is 2.71. The molecule has 19 heavy (non-hydrogen) atoms. The van der Waals surface area contributed by atoms with Crippen LogP contribution in [-0.2, 0) is 11.2 Å². The number of benzene rings is 1. The number of pyridine rings is 1. The molecule has 4 nitrogen and oxygen atoms in total. The largest absolute Gasteiger partial charge is 0.396 e. The first-order valence-electron chi connectivity index (χ1n) is 5.90. The van der Waals surface area contributed by atoms with Crippen LogP contribution in [0.15, 0.2) is 47.1 Å². The number of carbonyl (C=O) groups is 1. The predicted molar refractivity (Wildman–Crippen MR) is 79.7 cm³/mol. The van der Waals surface area contributed by atoms with E-state index in [0.717, 1.165) is 10.0 Å². The number of halogens is 1. The third kappa shape index (κ3) is 4.06. The van der Waals surface area contributed by atoms with Gasteiger partial charge in [-0.25, -0.2) is 4.98 Å². The lowest BCUT2D eigenvalue weighted by molar-refractivity contribution is -0.116. The van der Waals surface area contributed by atoms with Crippen molar-refractivity contribution in [2.75, 3.05) is 11.1 Å². The first kappa shape index (κ1) is 13.5. The van der Waals surface area contributed by atoms with Crippen molar-refractivity contribution in [1.29, 1.82) is 0 Å². The quantitative estimate of drug-likeness (QED) is 0.910. The molecule has 5 heteroatoms. The molecule has 98 valence electrons. The maximum Gasteiger partial charge on any atom is 0.225 e. The van der Waals surface area contributed by atoms with E-state index in [1.54, 1.807) is 12.3 Å². The molecular weight excluding hydrogens is 306 g/mol. The van der Waals surface area contributed by atoms with Gasteiger partial charge >= 0.3 is 0 Å². The Morgan fingerprint density at radius 1 is 1.32 bits per heavy atom. The lowest BCUT2D eigenvalue weighted by Crippen LogP contribution is -2.14. The summed E-state index contributed by atoms with van der Waals surface area (Å²) >= 11 is 3.27. The molecule has 2 aromatic rings. The second-order valence-electron chi connectivity index (χ2n) is 4.13. The van der Waals surface area contributed by atoms with Crippen molar-refractivity contribution < 1.29 is 4.79 Å². The van der Waals surface area contributed by atoms with Crippen molar-refractivity contribution in [1.82, 2.24) is 4.98 Å². The van der Waals surface area contributed by atoms with Gasteiger partial charge in [0.05, 0.1) is 5.69 Å². The first-order chi connectivity index (χ1) is 9.15. The Morgan fingerprint density at radius 3 is 2.74 bits per heavy atom. The number of amides is 1. The second-order valence-corrected chi connectivity index (χ2v) is 5.04. The molecule has 0 spiro atoms. The summed E-state index contributed by atoms with van der Waals surface area (Å²) in [6, 6.07) is 11.6. The molecule has 1 heterocycles. The lowest BCUT2D eigenvalue weighted by atomic mass is 10.1. The Bertz CT molecular complexity index is 572. The average Bonchev–Trinajstić information content (AvgIpc) is 2.41. The molecular formula is C14H14BrN3O. The Kier molecular flexibility index (Phi) is 4.52. The predicted octanol–water partition coefficient (Wildman–Crippen LogP) is 3.00. The van der Waals surface area contributed by atoms with Gasteiger partial charge in [-0.05, 0) is 34.0 Å². The Balaban J connectivity index is 1.91. The number of nitrogens with one attached hydrogen (secondary N) is 1. The number of aryl methyl sites for hydroxylation is 1. The molecule has 0 aliphatic heterocycles. The Labute approximate surface area is 120 Å². The van der Waals surface area contributed by atoms with Crippen LogP contribution >= 0.6 is 15.9 Å². The van der Waals surface area contributed by atoms with Crippen LogP contribution in [0.5, 0.6) is 0 Å². The molecule has 0 saturated heterocycles. The van der Waals surface area contributed by atoms with E-state index in [-0.39, 0.29) is 5.91 Å². The fourth-order valence-electron chi connectivity index (χ4n) is 1.66. The molecule has 1 amide bonds. The summed E-state index contributed by atoms with van der Waals surface area (Å²) in [7, 11) is 0. The zero-order valence-corrected chi connectivity index (χ0v) is 11.9. The highest BCUT2D eigenvalue weighted by atomic mass is 79.9. The summed E-state index contributed by atoms with van der Waals surface area (Å²) < 4.78 is 0.785. The monoisotopic (exact) mass is 319 g/mol. The molecule has 1 aromatic carbocycles. The zero-order chi connectivity index (χ0) is 13.7. The van der Waals surface area contributed by atoms with Crippen LogP contribution < -0.4 is 11.1 Å². The van der Waals surface area contributed by atoms with E-state index >= 15 is 0 Å². The third-order valence-electron chi connectivity index (χ3n) is 2.63. The Hall–Kier alpha value is -1.88. The van der Waals surface area contributed by atoms with Crippen LogP contribution in [0.2, 0.25) is 0 Å². The molecule has 0 unspecified atom stereocenters. The van der Waals surface area contributed by atoms with Gasteiger partial charge in [-0.2, -0.15) is 0 Å². The average molecular weight is 320 g/mol. The molecule has 0 radical (unpaired) electrons. The van der Waals surface area contributed by atoms with Crippen molar-refractivity contribution >= 4 is 33.3 Å². The fourth-order valence-corrected chi connectivity index (χ4v) is 2.01. The van der Waals surface area contributed by atoms with Crippen LogP contribution in [0.1, 0.15) is 12.0 Å². The highest BCUT2D eigenvalue weighted by Crippen LogP contribution is 2.20. The van der Waals surface area contributed by atoms with Gasteiger partial charge in [0.15, 0.2) is 5.82 Å². The summed E-state index contributed by atoms with van der Waals surface area (Å²) in [6.45, 7) is 0. The van der Waals surface area contributed by atoms with Crippen LogP contribution in [0.4, 0.5) is 11.5 Å². The number of hydrogen-bond acceptors (Lipinski definition) is 3. The zero-order valence-electron chi connectivity index (χ0n) is 10.3. The topological polar surface area (TPSA) is 68.0 Å². The minimum Gasteiger partial charge on any atom is -0.396 e. The summed E-state index contributed by atoms with van der Waals surface area (Å²) in [5.41, 5.74) is 7.35. The van der Waals surface area contributed by atoms with E-state index in [9.17, 15) is 4.79 Å². The summed E-state index contributed by atoms with van der Waals surface area (Å²) in [5.74, 6) is 0.312. The molecule has 0 saturated carbocycles. The molecule has 2 rings (SSSR count). The molecule has 0 aliphatic rings. The minimum atomic E-state index is -0.0922. The molecule has 0 bridgehead atoms. The maximum absolute atomic E-state index is 11.8. The minimum absolute atomic E-state index is 0.0922. The maximum atomic E-state index is 11.8. The van der Waals surface area contributed by atoms with Gasteiger partial charge in [-0.1, -0.05) is 30.3 Å². The van der Waals surface area contributed by atoms with Gasteiger partial charge in [-0.15, -0.1) is 0 Å². The van der Waals surface area contributed by atoms with Crippen molar-refractivity contribution in [3.8, 4) is 0 Å². The number of aromatic nitrogens is 1. The van der Waals surface area contributed by atoms with E-state index in [1.165, 1.54) is 0 Å². The van der Waals surface area contributed by atoms with Crippen molar-refractivity contribution in [2.45, 2.75) is 12.8 Å². The molecule has 0 fully saturated rings. The Morgan fingerprint density at radius 2 is 2.05 bits per heavy atom. The molecule has 0 atom stereocenters. The smallest absolute Gasteiger partial charge is 0.225 e. The number of nitrogens with two attached hydrogens (primary N) is 1. The highest BCUT2D eigenvalue weighted by molar-refractivity contribution is 9.10. The standard InChI is InChI=1S/C14H14BrN3O/c15-11-8-12(16)14(17-9-11)18-13(19)7-6-10-4-2-1-3-5-10/h1-5,8-9H,6-7,16H2,(H,17,18,19). The van der Waals surface area contributed by atoms with Crippen molar-refractivity contribution in [3.05, 3.63) is 52.6 Å². The lowest BCUT2D eigenvalue weighted by Gasteiger charge is -2.07. The van der Waals surface area contributed by atoms with Gasteiger partial charge in [0.1, 0.15) is 0 Å². The number of nitrogen functional groups attached to an aromatic ring is 1. The van der Waals surface area contributed by atoms with Crippen LogP contribution in [0, 0.1) is 0 Å².